The monoisotopic (exact) mass is 774 g/mol. The Morgan fingerprint density at radius 3 is 2.09 bits per heavy atom. The number of imidazole rings is 1. The maximum Gasteiger partial charge on any atom is 0.164 e. The van der Waals surface area contributed by atoms with Crippen LogP contribution in [0.15, 0.2) is 72.9 Å². The number of aromatic nitrogens is 3. The van der Waals surface area contributed by atoms with E-state index < -0.39 is 0 Å². The van der Waals surface area contributed by atoms with E-state index in [1.54, 1.807) is 0 Å². The van der Waals surface area contributed by atoms with E-state index in [4.69, 9.17) is 4.98 Å². The maximum absolute atomic E-state index is 10.9. The molecule has 4 aromatic rings. The molecule has 239 valence electrons. The smallest absolute Gasteiger partial charge is 0.164 e. The molecule has 0 amide bonds. The molecule has 0 aliphatic heterocycles. The van der Waals surface area contributed by atoms with Crippen LogP contribution < -0.4 is 0 Å². The van der Waals surface area contributed by atoms with Crippen molar-refractivity contribution in [3.8, 4) is 17.2 Å². The van der Waals surface area contributed by atoms with Gasteiger partial charge in [-0.25, -0.2) is 4.98 Å². The van der Waals surface area contributed by atoms with Gasteiger partial charge in [0.05, 0.1) is 23.2 Å². The summed E-state index contributed by atoms with van der Waals surface area (Å²) in [4.78, 5) is 9.45. The van der Waals surface area contributed by atoms with E-state index in [2.05, 4.69) is 81.4 Å². The van der Waals surface area contributed by atoms with Gasteiger partial charge in [0.1, 0.15) is 5.69 Å². The predicted molar refractivity (Wildman–Crippen MR) is 177 cm³/mol. The number of nitrogens with zero attached hydrogens (tertiary/aromatic N) is 3. The van der Waals surface area contributed by atoms with Crippen molar-refractivity contribution in [2.75, 3.05) is 0 Å². The van der Waals surface area contributed by atoms with Gasteiger partial charge in [-0.3, -0.25) is 9.55 Å². The number of hydrogen-bond donors (Lipinski definition) is 2. The van der Waals surface area contributed by atoms with Crippen molar-refractivity contribution in [1.82, 2.24) is 14.5 Å². The number of rotatable bonds is 7. The Bertz CT molecular complexity index is 1490. The van der Waals surface area contributed by atoms with E-state index in [9.17, 15) is 10.2 Å². The minimum absolute atomic E-state index is 0. The molecule has 4 atom stereocenters. The first-order valence-electron chi connectivity index (χ1n) is 16.6. The Labute approximate surface area is 277 Å². The average molecular weight is 774 g/mol. The second-order valence-corrected chi connectivity index (χ2v) is 13.3. The molecule has 2 aliphatic rings. The summed E-state index contributed by atoms with van der Waals surface area (Å²) in [5, 5.41) is 21.8. The van der Waals surface area contributed by atoms with Crippen LogP contribution in [0.1, 0.15) is 98.0 Å². The van der Waals surface area contributed by atoms with E-state index in [0.717, 1.165) is 66.8 Å². The second kappa shape index (κ2) is 14.4. The van der Waals surface area contributed by atoms with Gasteiger partial charge in [0.15, 0.2) is 5.82 Å². The largest absolute Gasteiger partial charge is 0.392 e. The van der Waals surface area contributed by atoms with E-state index in [1.165, 1.54) is 12.0 Å². The van der Waals surface area contributed by atoms with Crippen molar-refractivity contribution in [2.45, 2.75) is 105 Å². The van der Waals surface area contributed by atoms with E-state index in [1.807, 2.05) is 42.6 Å². The van der Waals surface area contributed by atoms with Crippen LogP contribution in [0.2, 0.25) is 0 Å². The number of fused-ring (bicyclic) bond motifs is 2. The summed E-state index contributed by atoms with van der Waals surface area (Å²) in [6.45, 7) is 13.2. The van der Waals surface area contributed by atoms with E-state index in [-0.39, 0.29) is 49.1 Å². The molecule has 2 fully saturated rings. The third-order valence-corrected chi connectivity index (χ3v) is 11.3. The Kier molecular flexibility index (Phi) is 11.3. The van der Waals surface area contributed by atoms with Crippen molar-refractivity contribution >= 4 is 11.0 Å². The van der Waals surface area contributed by atoms with Crippen LogP contribution in [0.25, 0.3) is 28.2 Å². The van der Waals surface area contributed by atoms with Gasteiger partial charge in [-0.15, -0.1) is 0 Å². The number of hydrogen-bond acceptors (Lipinski definition) is 4. The van der Waals surface area contributed by atoms with Gasteiger partial charge >= 0.3 is 0 Å². The molecule has 0 saturated heterocycles. The van der Waals surface area contributed by atoms with Gasteiger partial charge in [0, 0.05) is 37.9 Å². The van der Waals surface area contributed by atoms with Crippen molar-refractivity contribution in [2.24, 2.45) is 22.7 Å². The molecule has 5 nitrogen and oxygen atoms in total. The fourth-order valence-corrected chi connectivity index (χ4v) is 8.14. The number of para-hydroxylation sites is 3. The molecule has 6 heteroatoms. The van der Waals surface area contributed by atoms with Crippen LogP contribution in [0.5, 0.6) is 0 Å². The summed E-state index contributed by atoms with van der Waals surface area (Å²) >= 11 is 0. The molecule has 0 spiro atoms. The fourth-order valence-electron chi connectivity index (χ4n) is 8.14. The Hall–Kier alpha value is -2.37. The van der Waals surface area contributed by atoms with Crippen molar-refractivity contribution in [3.05, 3.63) is 78.5 Å². The standard InChI is InChI=1S/C21H19N3.C17H32O2.Ir/c1-15(2)16-12-13-22-19(14-16)21-23-18-10-6-7-11-20(18)24(21)17-8-4-3-5-9-17;1-5-16(6-2)10-9-12-11-17(7-3,8-4)15(19)13(12)14(16)18;/h3-15H,1-2H3;12-15,18-19H,5-11H2,1-4H3;. The van der Waals surface area contributed by atoms with Crippen molar-refractivity contribution in [3.63, 3.8) is 0 Å². The fraction of sp³-hybridized carbons (Fsp3) is 0.526. The maximum atomic E-state index is 10.9. The minimum Gasteiger partial charge on any atom is -0.392 e. The predicted octanol–water partition coefficient (Wildman–Crippen LogP) is 8.96. The summed E-state index contributed by atoms with van der Waals surface area (Å²) in [6, 6.07) is 22.8. The molecule has 2 heterocycles. The van der Waals surface area contributed by atoms with Crippen LogP contribution in [-0.2, 0) is 20.1 Å². The first kappa shape index (κ1) is 34.5. The molecule has 2 saturated carbocycles. The van der Waals surface area contributed by atoms with Gasteiger partial charge in [-0.1, -0.05) is 71.9 Å². The van der Waals surface area contributed by atoms with Gasteiger partial charge in [0.25, 0.3) is 0 Å². The normalized spacial score (nSPS) is 23.5. The van der Waals surface area contributed by atoms with Crippen LogP contribution in [-0.4, -0.2) is 37.0 Å². The Morgan fingerprint density at radius 2 is 1.45 bits per heavy atom. The number of aliphatic hydroxyl groups is 2. The van der Waals surface area contributed by atoms with Crippen LogP contribution in [0.4, 0.5) is 0 Å². The number of pyridine rings is 1. The molecule has 44 heavy (non-hydrogen) atoms. The first-order valence-corrected chi connectivity index (χ1v) is 16.6. The minimum atomic E-state index is -0.309. The molecule has 6 rings (SSSR count). The molecule has 2 aliphatic carbocycles. The number of benzene rings is 2. The summed E-state index contributed by atoms with van der Waals surface area (Å²) in [6.07, 6.45) is 8.85. The third kappa shape index (κ3) is 6.20. The molecule has 2 N–H and O–H groups in total. The number of aliphatic hydroxyl groups excluding tert-OH is 2. The summed E-state index contributed by atoms with van der Waals surface area (Å²) in [5.41, 5.74) is 5.46. The third-order valence-electron chi connectivity index (χ3n) is 11.3. The molecule has 2 aromatic heterocycles. The van der Waals surface area contributed by atoms with Gasteiger partial charge < -0.3 is 10.2 Å². The summed E-state index contributed by atoms with van der Waals surface area (Å²) < 4.78 is 2.18. The molecular formula is C38H51IrN3O2. The van der Waals surface area contributed by atoms with E-state index >= 15 is 0 Å². The Balaban J connectivity index is 0.000000202. The van der Waals surface area contributed by atoms with Crippen molar-refractivity contribution < 1.29 is 30.3 Å². The van der Waals surface area contributed by atoms with E-state index in [0.29, 0.717) is 11.8 Å². The van der Waals surface area contributed by atoms with Crippen LogP contribution >= 0.6 is 0 Å². The van der Waals surface area contributed by atoms with Gasteiger partial charge in [0.2, 0.25) is 0 Å². The molecule has 2 aromatic carbocycles. The summed E-state index contributed by atoms with van der Waals surface area (Å²) in [5.74, 6) is 2.00. The zero-order valence-corrected chi connectivity index (χ0v) is 29.7. The first-order chi connectivity index (χ1) is 20.7. The van der Waals surface area contributed by atoms with Gasteiger partial charge in [-0.05, 0) is 110 Å². The van der Waals surface area contributed by atoms with Crippen molar-refractivity contribution in [1.29, 1.82) is 0 Å². The van der Waals surface area contributed by atoms with Crippen LogP contribution in [0.3, 0.4) is 0 Å². The topological polar surface area (TPSA) is 71.2 Å². The molecule has 4 unspecified atom stereocenters. The SMILES string of the molecule is CC(C)c1ccnc(-c2nc3ccccc3n2-c2ccccc2)c1.CCC1(CC)CCC2CC(CC)(CC)C(O)C2C1O.[Ir]. The van der Waals surface area contributed by atoms with Gasteiger partial charge in [-0.2, -0.15) is 0 Å². The van der Waals surface area contributed by atoms with Crippen LogP contribution in [0, 0.1) is 22.7 Å². The quantitative estimate of drug-likeness (QED) is 0.197. The molecule has 0 bridgehead atoms. The Morgan fingerprint density at radius 1 is 0.841 bits per heavy atom. The molecule has 1 radical (unpaired) electrons. The zero-order valence-electron chi connectivity index (χ0n) is 27.3. The average Bonchev–Trinajstić information content (AvgIpc) is 3.58. The summed E-state index contributed by atoms with van der Waals surface area (Å²) in [7, 11) is 0. The second-order valence-electron chi connectivity index (χ2n) is 13.3. The molecular weight excluding hydrogens is 723 g/mol. The zero-order chi connectivity index (χ0) is 30.8.